The Morgan fingerprint density at radius 2 is 2.12 bits per heavy atom. The van der Waals surface area contributed by atoms with E-state index < -0.39 is 0 Å². The van der Waals surface area contributed by atoms with Gasteiger partial charge in [-0.3, -0.25) is 4.79 Å². The smallest absolute Gasteiger partial charge is 0.251 e. The zero-order valence-electron chi connectivity index (χ0n) is 10.3. The highest BCUT2D eigenvalue weighted by Crippen LogP contribution is 2.16. The summed E-state index contributed by atoms with van der Waals surface area (Å²) in [5.74, 6) is -0.159. The van der Waals surface area contributed by atoms with E-state index in [1.165, 1.54) is 0 Å². The molecule has 0 fully saturated rings. The molecule has 0 heterocycles. The maximum absolute atomic E-state index is 11.9. The van der Waals surface area contributed by atoms with Crippen LogP contribution < -0.4 is 11.1 Å². The number of nitrogens with one attached hydrogen (secondary N) is 1. The second-order valence-electron chi connectivity index (χ2n) is 4.41. The summed E-state index contributed by atoms with van der Waals surface area (Å²) < 4.78 is 0. The molecule has 5 heteroatoms. The topological polar surface area (TPSA) is 58.4 Å². The average Bonchev–Trinajstić information content (AvgIpc) is 2.14. The first kappa shape index (κ1) is 13.8. The number of amides is 1. The zero-order valence-corrected chi connectivity index (χ0v) is 11.1. The Hall–Kier alpha value is -1.26. The van der Waals surface area contributed by atoms with E-state index in [4.69, 9.17) is 17.3 Å². The number of likely N-dealkylation sites (N-methyl/N-ethyl adjacent to an activating group) is 1. The highest BCUT2D eigenvalue weighted by molar-refractivity contribution is 6.31. The molecule has 1 rings (SSSR count). The lowest BCUT2D eigenvalue weighted by atomic mass is 10.1. The van der Waals surface area contributed by atoms with Crippen molar-refractivity contribution < 1.29 is 4.79 Å². The van der Waals surface area contributed by atoms with Crippen molar-refractivity contribution in [1.82, 2.24) is 10.2 Å². The van der Waals surface area contributed by atoms with E-state index in [0.29, 0.717) is 16.3 Å². The Labute approximate surface area is 107 Å². The molecule has 3 N–H and O–H groups in total. The van der Waals surface area contributed by atoms with Gasteiger partial charge >= 0.3 is 0 Å². The van der Waals surface area contributed by atoms with Crippen LogP contribution in [0.1, 0.15) is 17.3 Å². The van der Waals surface area contributed by atoms with Crippen LogP contribution in [0, 0.1) is 0 Å². The van der Waals surface area contributed by atoms with Gasteiger partial charge in [0.2, 0.25) is 0 Å². The number of hydrogen-bond acceptors (Lipinski definition) is 3. The predicted octanol–water partition coefficient (Wildman–Crippen LogP) is 1.60. The number of anilines is 1. The second kappa shape index (κ2) is 5.89. The fourth-order valence-electron chi connectivity index (χ4n) is 1.64. The molecule has 17 heavy (non-hydrogen) atoms. The normalized spacial score (nSPS) is 12.5. The highest BCUT2D eigenvalue weighted by atomic mass is 35.5. The van der Waals surface area contributed by atoms with Gasteiger partial charge in [-0.15, -0.1) is 0 Å². The SMILES string of the molecule is CC(CN(C)C)NC(=O)c1cc(N)cc(Cl)c1. The van der Waals surface area contributed by atoms with Crippen LogP contribution in [-0.4, -0.2) is 37.5 Å². The molecule has 0 saturated carbocycles. The van der Waals surface area contributed by atoms with Crippen LogP contribution in [0.4, 0.5) is 5.69 Å². The Morgan fingerprint density at radius 1 is 1.47 bits per heavy atom. The quantitative estimate of drug-likeness (QED) is 0.804. The number of benzene rings is 1. The van der Waals surface area contributed by atoms with Gasteiger partial charge in [-0.25, -0.2) is 0 Å². The van der Waals surface area contributed by atoms with Crippen molar-refractivity contribution in [2.75, 3.05) is 26.4 Å². The average molecular weight is 256 g/mol. The first-order valence-corrected chi connectivity index (χ1v) is 5.78. The van der Waals surface area contributed by atoms with Crippen LogP contribution in [-0.2, 0) is 0 Å². The van der Waals surface area contributed by atoms with Crippen LogP contribution >= 0.6 is 11.6 Å². The molecule has 4 nitrogen and oxygen atoms in total. The number of carbonyl (C=O) groups is 1. The molecule has 94 valence electrons. The van der Waals surface area contributed by atoms with Crippen LogP contribution in [0.2, 0.25) is 5.02 Å². The predicted molar refractivity (Wildman–Crippen MR) is 71.3 cm³/mol. The van der Waals surface area contributed by atoms with E-state index in [9.17, 15) is 4.79 Å². The van der Waals surface area contributed by atoms with Crippen molar-refractivity contribution in [2.45, 2.75) is 13.0 Å². The summed E-state index contributed by atoms with van der Waals surface area (Å²) in [4.78, 5) is 13.9. The lowest BCUT2D eigenvalue weighted by Crippen LogP contribution is -2.39. The van der Waals surface area contributed by atoms with Gasteiger partial charge in [0.05, 0.1) is 0 Å². The third kappa shape index (κ3) is 4.63. The fourth-order valence-corrected chi connectivity index (χ4v) is 1.89. The lowest BCUT2D eigenvalue weighted by molar-refractivity contribution is 0.0934. The van der Waals surface area contributed by atoms with Crippen LogP contribution in [0.3, 0.4) is 0 Å². The summed E-state index contributed by atoms with van der Waals surface area (Å²) in [7, 11) is 3.92. The van der Waals surface area contributed by atoms with E-state index >= 15 is 0 Å². The molecule has 1 aromatic carbocycles. The molecular formula is C12H18ClN3O. The van der Waals surface area contributed by atoms with E-state index in [-0.39, 0.29) is 11.9 Å². The summed E-state index contributed by atoms with van der Waals surface area (Å²) in [6.45, 7) is 2.73. The molecule has 0 aliphatic heterocycles. The Kier molecular flexibility index (Phi) is 4.78. The van der Waals surface area contributed by atoms with Crippen molar-refractivity contribution in [3.8, 4) is 0 Å². The second-order valence-corrected chi connectivity index (χ2v) is 4.85. The lowest BCUT2D eigenvalue weighted by Gasteiger charge is -2.18. The van der Waals surface area contributed by atoms with E-state index in [1.54, 1.807) is 18.2 Å². The zero-order chi connectivity index (χ0) is 13.0. The molecule has 1 aromatic rings. The third-order valence-corrected chi connectivity index (χ3v) is 2.42. The number of nitrogens with two attached hydrogens (primary N) is 1. The molecular weight excluding hydrogens is 238 g/mol. The minimum atomic E-state index is -0.159. The first-order valence-electron chi connectivity index (χ1n) is 5.40. The molecule has 0 aliphatic carbocycles. The minimum Gasteiger partial charge on any atom is -0.399 e. The van der Waals surface area contributed by atoms with Gasteiger partial charge in [-0.05, 0) is 39.2 Å². The molecule has 1 amide bonds. The maximum Gasteiger partial charge on any atom is 0.251 e. The van der Waals surface area contributed by atoms with Crippen molar-refractivity contribution in [3.63, 3.8) is 0 Å². The summed E-state index contributed by atoms with van der Waals surface area (Å²) in [6.07, 6.45) is 0. The van der Waals surface area contributed by atoms with Crippen molar-refractivity contribution in [1.29, 1.82) is 0 Å². The number of nitrogens with zero attached hydrogens (tertiary/aromatic N) is 1. The third-order valence-electron chi connectivity index (χ3n) is 2.20. The van der Waals surface area contributed by atoms with Gasteiger partial charge in [0, 0.05) is 28.9 Å². The fraction of sp³-hybridized carbons (Fsp3) is 0.417. The maximum atomic E-state index is 11.9. The monoisotopic (exact) mass is 255 g/mol. The highest BCUT2D eigenvalue weighted by Gasteiger charge is 2.11. The summed E-state index contributed by atoms with van der Waals surface area (Å²) in [6, 6.07) is 4.90. The van der Waals surface area contributed by atoms with Crippen molar-refractivity contribution >= 4 is 23.2 Å². The van der Waals surface area contributed by atoms with Crippen molar-refractivity contribution in [2.24, 2.45) is 0 Å². The van der Waals surface area contributed by atoms with Gasteiger partial charge in [0.25, 0.3) is 5.91 Å². The summed E-state index contributed by atoms with van der Waals surface area (Å²) in [5.41, 5.74) is 6.61. The van der Waals surface area contributed by atoms with Gasteiger partial charge in [0.15, 0.2) is 0 Å². The molecule has 0 saturated heterocycles. The number of hydrogen-bond donors (Lipinski definition) is 2. The standard InChI is InChI=1S/C12H18ClN3O/c1-8(7-16(2)3)15-12(17)9-4-10(13)6-11(14)5-9/h4-6,8H,7,14H2,1-3H3,(H,15,17). The minimum absolute atomic E-state index is 0.0673. The van der Waals surface area contributed by atoms with Gasteiger partial charge < -0.3 is 16.0 Å². The molecule has 0 radical (unpaired) electrons. The van der Waals surface area contributed by atoms with E-state index in [2.05, 4.69) is 5.32 Å². The van der Waals surface area contributed by atoms with E-state index in [1.807, 2.05) is 25.9 Å². The largest absolute Gasteiger partial charge is 0.399 e. The van der Waals surface area contributed by atoms with Crippen LogP contribution in [0.15, 0.2) is 18.2 Å². The summed E-state index contributed by atoms with van der Waals surface area (Å²) >= 11 is 5.85. The molecule has 0 aliphatic rings. The Morgan fingerprint density at radius 3 is 2.65 bits per heavy atom. The number of nitrogen functional groups attached to an aromatic ring is 1. The van der Waals surface area contributed by atoms with Gasteiger partial charge in [-0.1, -0.05) is 11.6 Å². The van der Waals surface area contributed by atoms with Crippen LogP contribution in [0.5, 0.6) is 0 Å². The number of halogens is 1. The first-order chi connectivity index (χ1) is 7.88. The van der Waals surface area contributed by atoms with Crippen LogP contribution in [0.25, 0.3) is 0 Å². The molecule has 1 atom stereocenters. The number of rotatable bonds is 4. The Balaban J connectivity index is 2.69. The van der Waals surface area contributed by atoms with Crippen molar-refractivity contribution in [3.05, 3.63) is 28.8 Å². The number of carbonyl (C=O) groups excluding carboxylic acids is 1. The summed E-state index contributed by atoms with van der Waals surface area (Å²) in [5, 5.41) is 3.36. The Bertz CT molecular complexity index is 386. The molecule has 1 unspecified atom stereocenters. The molecule has 0 aromatic heterocycles. The molecule has 0 spiro atoms. The van der Waals surface area contributed by atoms with E-state index in [0.717, 1.165) is 6.54 Å². The van der Waals surface area contributed by atoms with Gasteiger partial charge in [-0.2, -0.15) is 0 Å². The van der Waals surface area contributed by atoms with Gasteiger partial charge in [0.1, 0.15) is 0 Å². The molecule has 0 bridgehead atoms.